The van der Waals surface area contributed by atoms with Crippen LogP contribution in [0.15, 0.2) is 249 Å². The number of Topliss-reactive ketones (excluding diaryl/α,β-unsaturated/α-hetero) is 4. The van der Waals surface area contributed by atoms with Crippen molar-refractivity contribution in [2.45, 2.75) is 218 Å². The number of benzene rings is 14. The van der Waals surface area contributed by atoms with Crippen molar-refractivity contribution in [2.75, 3.05) is 25.1 Å². The van der Waals surface area contributed by atoms with E-state index in [-0.39, 0.29) is 34.6 Å². The van der Waals surface area contributed by atoms with E-state index in [1.54, 1.807) is 46.0 Å². The lowest BCUT2D eigenvalue weighted by Crippen LogP contribution is -2.27. The van der Waals surface area contributed by atoms with E-state index in [4.69, 9.17) is 59.7 Å². The van der Waals surface area contributed by atoms with Gasteiger partial charge in [-0.1, -0.05) is 145 Å². The number of anilines is 1. The zero-order valence-corrected chi connectivity index (χ0v) is 89.3. The van der Waals surface area contributed by atoms with Crippen LogP contribution in [-0.4, -0.2) is 96.0 Å². The van der Waals surface area contributed by atoms with Crippen LogP contribution in [0.5, 0.6) is 17.2 Å². The molecule has 0 fully saturated rings. The summed E-state index contributed by atoms with van der Waals surface area (Å²) in [7, 11) is 1.96. The van der Waals surface area contributed by atoms with E-state index in [2.05, 4.69) is 121 Å². The molecule has 0 spiro atoms. The number of nitrogens with one attached hydrogen (secondary N) is 1. The standard InChI is InChI=1S/C38H35ClN2O2.C31H32N2O4.C30H29F2NO3.C29H29NO3/c1-23-18-30-11-10-29(27-9-7-8-26(19-27)28-14-17-34-31(20-28)22-40-41(34)6)21-33(30)36(25-12-15-32(39)16-13-25)35(23)37(24(2)42)43-38(3,4)5;1-17-25(30(18(2)34)37-31(4,5)6)27(21-9-7-8-10-22(21)28(17)33-19(3)35)23-11-12-24-26-20(14-16-36-24)13-15-32-29(23)26;1-16-23(29(31)32)19-8-6-7-9-20(19)26(24(16)28(17(2)34)36-30(3,4)5)21-10-11-22-25-18(13-15-35-22)12-14-33-27(21)25;1-17-16-20-8-6-7-9-21(20)26(24(17)28(18(2)31)33-29(3,4)5)22-10-11-23-25-19(13-15-32-23)12-14-30-27(22)25/h7-22,37H,1-6H3;7-13,15,30H,14,16H2,1-6H3,(H,33,35);6-12,14,28-29H,13,15H2,1-5H3;6-12,14,16,28H,13,15H2,1-5H3/t37-;30-;2*28-/m1111/s1. The van der Waals surface area contributed by atoms with Crippen molar-refractivity contribution in [3.8, 4) is 84.0 Å². The van der Waals surface area contributed by atoms with Crippen LogP contribution in [0.1, 0.15) is 215 Å². The van der Waals surface area contributed by atoms with E-state index in [1.807, 2.05) is 236 Å². The van der Waals surface area contributed by atoms with E-state index >= 15 is 0 Å². The number of halogens is 3. The molecule has 0 saturated carbocycles. The minimum atomic E-state index is -2.72. The molecule has 4 atom stereocenters. The van der Waals surface area contributed by atoms with Crippen molar-refractivity contribution >= 4 is 133 Å². The smallest absolute Gasteiger partial charge is 0.264 e. The van der Waals surface area contributed by atoms with Gasteiger partial charge in [0.15, 0.2) is 23.1 Å². The van der Waals surface area contributed by atoms with Crippen molar-refractivity contribution < 1.29 is 65.9 Å². The van der Waals surface area contributed by atoms with E-state index in [0.717, 1.165) is 213 Å². The zero-order valence-electron chi connectivity index (χ0n) is 88.6. The van der Waals surface area contributed by atoms with Gasteiger partial charge in [-0.25, -0.2) is 8.78 Å². The Balaban J connectivity index is 0.000000130. The topological polar surface area (TPSA) is 218 Å². The lowest BCUT2D eigenvalue weighted by molar-refractivity contribution is -0.139. The predicted molar refractivity (Wildman–Crippen MR) is 596 cm³/mol. The average molecular weight is 2010 g/mol. The van der Waals surface area contributed by atoms with Gasteiger partial charge in [0.1, 0.15) is 41.7 Å². The number of hydrogen-bond acceptors (Lipinski definition) is 16. The highest BCUT2D eigenvalue weighted by molar-refractivity contribution is 6.30. The zero-order chi connectivity index (χ0) is 106. The van der Waals surface area contributed by atoms with Crippen molar-refractivity contribution in [3.05, 3.63) is 321 Å². The molecule has 0 radical (unpaired) electrons. The molecule has 3 aliphatic rings. The number of fused-ring (bicyclic) bond motifs is 5. The maximum absolute atomic E-state index is 14.5. The Kier molecular flexibility index (Phi) is 29.3. The summed E-state index contributed by atoms with van der Waals surface area (Å²) in [6.07, 6.45) is 3.87. The first-order valence-electron chi connectivity index (χ1n) is 50.8. The van der Waals surface area contributed by atoms with Gasteiger partial charge in [0.2, 0.25) is 5.91 Å². The number of hydrogen-bond donors (Lipinski definition) is 1. The van der Waals surface area contributed by atoms with Gasteiger partial charge in [-0.3, -0.25) is 43.6 Å². The Hall–Kier alpha value is -14.6. The van der Waals surface area contributed by atoms with E-state index < -0.39 is 53.2 Å². The number of alkyl halides is 2. The number of aryl methyl sites for hydroxylation is 3. The molecule has 1 amide bonds. The monoisotopic (exact) mass is 2010 g/mol. The first-order valence-corrected chi connectivity index (χ1v) is 51.1. The number of rotatable bonds is 20. The third-order valence-electron chi connectivity index (χ3n) is 27.6. The molecule has 149 heavy (non-hydrogen) atoms. The Morgan fingerprint density at radius 1 is 0.369 bits per heavy atom. The van der Waals surface area contributed by atoms with Gasteiger partial charge in [-0.15, -0.1) is 0 Å². The summed E-state index contributed by atoms with van der Waals surface area (Å²) in [5, 5.41) is 19.5. The van der Waals surface area contributed by atoms with Gasteiger partial charge in [0.25, 0.3) is 6.43 Å². The van der Waals surface area contributed by atoms with Crippen molar-refractivity contribution in [1.29, 1.82) is 0 Å². The Morgan fingerprint density at radius 3 is 1.19 bits per heavy atom. The van der Waals surface area contributed by atoms with E-state index in [9.17, 15) is 32.8 Å². The molecule has 14 aromatic carbocycles. The van der Waals surface area contributed by atoms with Crippen LogP contribution in [0.3, 0.4) is 0 Å². The molecular formula is C128H125ClF2N6O12. The molecule has 0 saturated heterocycles. The molecule has 4 aromatic heterocycles. The molecule has 18 nitrogen and oxygen atoms in total. The second kappa shape index (κ2) is 41.8. The Morgan fingerprint density at radius 2 is 0.745 bits per heavy atom. The van der Waals surface area contributed by atoms with Gasteiger partial charge in [0, 0.05) is 117 Å². The van der Waals surface area contributed by atoms with Crippen LogP contribution in [0, 0.1) is 27.7 Å². The van der Waals surface area contributed by atoms with Crippen LogP contribution in [0.4, 0.5) is 14.5 Å². The molecule has 760 valence electrons. The summed E-state index contributed by atoms with van der Waals surface area (Å²) in [4.78, 5) is 79.0. The highest BCUT2D eigenvalue weighted by Gasteiger charge is 2.39. The molecule has 21 heteroatoms. The number of aromatic nitrogens is 5. The van der Waals surface area contributed by atoms with Crippen LogP contribution >= 0.6 is 11.6 Å². The SMILES string of the molecule is CC(=O)Nc1c(C)c([C@H](OC(C)(C)C)C(C)=O)c(-c2ccc3c4c(ccnc24)CCO3)c2ccccc12.CC(=O)[C@@H](OC(C)(C)C)c1c(C)c(C(F)F)c2ccccc2c1-c1ccc2c3c(ccnc13)CCO2.CC(=O)[C@@H](OC(C)(C)C)c1c(C)cc2ccc(-c3cccc(-c4ccc5c(cnn5C)c4)c3)cc2c1-c1ccc(Cl)cc1.CC(=O)[C@@H](OC(C)(C)C)c1c(C)cc2ccccc2c1-c1ccc2c3c(ccnc13)CCO2. The molecule has 0 unspecified atom stereocenters. The molecule has 18 aromatic rings. The number of carbonyl (C=O) groups excluding carboxylic acids is 5. The van der Waals surface area contributed by atoms with Crippen LogP contribution in [0.2, 0.25) is 5.02 Å². The molecular weight excluding hydrogens is 1890 g/mol. The highest BCUT2D eigenvalue weighted by Crippen LogP contribution is 2.54. The normalized spacial score (nSPS) is 13.7. The lowest BCUT2D eigenvalue weighted by atomic mass is 9.82. The van der Waals surface area contributed by atoms with E-state index in [0.29, 0.717) is 58.0 Å². The van der Waals surface area contributed by atoms with E-state index in [1.165, 1.54) is 25.0 Å². The van der Waals surface area contributed by atoms with Crippen molar-refractivity contribution in [1.82, 2.24) is 24.7 Å². The minimum absolute atomic E-state index is 0.0106. The van der Waals surface area contributed by atoms with Gasteiger partial charge in [-0.05, 0) is 367 Å². The van der Waals surface area contributed by atoms with Gasteiger partial charge >= 0.3 is 0 Å². The fourth-order valence-corrected chi connectivity index (χ4v) is 21.6. The predicted octanol–water partition coefficient (Wildman–Crippen LogP) is 31.3. The fourth-order valence-electron chi connectivity index (χ4n) is 21.5. The Bertz CT molecular complexity index is 8380. The number of nitrogens with zero attached hydrogens (tertiary/aromatic N) is 5. The maximum atomic E-state index is 14.5. The fraction of sp³-hybridized carbons (Fsp3) is 0.289. The number of ether oxygens (including phenoxy) is 7. The minimum Gasteiger partial charge on any atom is -0.493 e. The summed E-state index contributed by atoms with van der Waals surface area (Å²) in [5.41, 5.74) is 23.5. The maximum Gasteiger partial charge on any atom is 0.264 e. The second-order valence-electron chi connectivity index (χ2n) is 43.0. The molecule has 7 heterocycles. The quantitative estimate of drug-likeness (QED) is 0.0750. The molecule has 3 aliphatic heterocycles. The Labute approximate surface area is 873 Å². The largest absolute Gasteiger partial charge is 0.493 e. The van der Waals surface area contributed by atoms with Crippen LogP contribution < -0.4 is 19.5 Å². The van der Waals surface area contributed by atoms with Crippen LogP contribution in [0.25, 0.3) is 153 Å². The summed E-state index contributed by atoms with van der Waals surface area (Å²) in [5.74, 6) is 1.87. The average Bonchev–Trinajstić information content (AvgIpc) is 1.73. The first-order chi connectivity index (χ1) is 70.9. The summed E-state index contributed by atoms with van der Waals surface area (Å²) >= 11 is 6.31. The second-order valence-corrected chi connectivity index (χ2v) is 43.5. The van der Waals surface area contributed by atoms with Gasteiger partial charge in [-0.2, -0.15) is 5.10 Å². The van der Waals surface area contributed by atoms with Crippen LogP contribution in [-0.2, 0) is 69.2 Å². The number of ketones is 4. The first kappa shape index (κ1) is 104. The van der Waals surface area contributed by atoms with Crippen molar-refractivity contribution in [2.24, 2.45) is 7.05 Å². The molecule has 0 aliphatic carbocycles. The summed E-state index contributed by atoms with van der Waals surface area (Å²) < 4.78 is 74.3. The van der Waals surface area contributed by atoms with Crippen molar-refractivity contribution in [3.63, 3.8) is 0 Å². The third kappa shape index (κ3) is 21.3. The van der Waals surface area contributed by atoms with Gasteiger partial charge in [0.05, 0.1) is 76.2 Å². The summed E-state index contributed by atoms with van der Waals surface area (Å²) in [6, 6.07) is 75.3. The number of carbonyl (C=O) groups is 5. The summed E-state index contributed by atoms with van der Waals surface area (Å²) in [6.45, 7) is 40.6. The van der Waals surface area contributed by atoms with Gasteiger partial charge < -0.3 is 38.5 Å². The molecule has 21 rings (SSSR count). The molecule has 1 N–H and O–H groups in total. The number of amides is 1. The lowest BCUT2D eigenvalue weighted by Gasteiger charge is -2.31. The number of pyridine rings is 3. The highest BCUT2D eigenvalue weighted by atomic mass is 35.5. The molecule has 0 bridgehead atoms. The third-order valence-corrected chi connectivity index (χ3v) is 27.9.